The lowest BCUT2D eigenvalue weighted by Gasteiger charge is -2.38. The summed E-state index contributed by atoms with van der Waals surface area (Å²) in [5, 5.41) is 20.6. The van der Waals surface area contributed by atoms with Gasteiger partial charge in [0.05, 0.1) is 25.9 Å². The van der Waals surface area contributed by atoms with Gasteiger partial charge in [-0.1, -0.05) is 0 Å². The average Bonchev–Trinajstić information content (AvgIpc) is 3.76. The molecule has 0 radical (unpaired) electrons. The minimum Gasteiger partial charge on any atom is -0.396 e. The molecule has 2 bridgehead atoms. The number of aliphatic imine (C=N–C) groups is 3. The molecular formula is C22H27F2N10O8PS. The van der Waals surface area contributed by atoms with E-state index in [1.54, 1.807) is 4.90 Å². The number of aromatic nitrogens is 4. The van der Waals surface area contributed by atoms with E-state index in [-0.39, 0.29) is 29.6 Å². The number of aliphatic hydroxyl groups excluding tert-OH is 2. The Balaban J connectivity index is 1.16. The molecule has 0 aromatic carbocycles. The van der Waals surface area contributed by atoms with Gasteiger partial charge in [0.1, 0.15) is 47.8 Å². The normalized spacial score (nSPS) is 38.4. The number of hydrogen-bond acceptors (Lipinski definition) is 16. The van der Waals surface area contributed by atoms with E-state index in [0.717, 1.165) is 10.9 Å². The van der Waals surface area contributed by atoms with E-state index < -0.39 is 91.8 Å². The third kappa shape index (κ3) is 4.33. The third-order valence-electron chi connectivity index (χ3n) is 8.34. The summed E-state index contributed by atoms with van der Waals surface area (Å²) in [4.78, 5) is 48.2. The topological polar surface area (TPSA) is 254 Å². The first-order valence-electron chi connectivity index (χ1n) is 13.3. The molecule has 10 atom stereocenters. The molecule has 2 aromatic heterocycles. The minimum atomic E-state index is -4.57. The van der Waals surface area contributed by atoms with Crippen molar-refractivity contribution >= 4 is 53.9 Å². The van der Waals surface area contributed by atoms with Crippen LogP contribution in [0.2, 0.25) is 0 Å². The number of H-pyrrole nitrogens is 1. The number of nitrogens with two attached hydrogens (primary N) is 2. The average molecular weight is 661 g/mol. The smallest absolute Gasteiger partial charge is 0.289 e. The largest absolute Gasteiger partial charge is 0.396 e. The van der Waals surface area contributed by atoms with Crippen molar-refractivity contribution in [1.29, 1.82) is 0 Å². The van der Waals surface area contributed by atoms with Crippen LogP contribution in [0.3, 0.4) is 0 Å². The van der Waals surface area contributed by atoms with Crippen LogP contribution < -0.4 is 17.0 Å². The van der Waals surface area contributed by atoms with E-state index in [2.05, 4.69) is 29.9 Å². The van der Waals surface area contributed by atoms with E-state index in [4.69, 9.17) is 42.0 Å². The summed E-state index contributed by atoms with van der Waals surface area (Å²) >= 11 is 5.34. The minimum absolute atomic E-state index is 0.192. The number of aromatic amines is 1. The van der Waals surface area contributed by atoms with Crippen molar-refractivity contribution in [2.45, 2.75) is 66.6 Å². The maximum Gasteiger partial charge on any atom is 0.289 e. The second kappa shape index (κ2) is 10.3. The van der Waals surface area contributed by atoms with Gasteiger partial charge in [0.15, 0.2) is 36.3 Å². The number of hydrogen-bond donors (Lipinski definition) is 6. The maximum absolute atomic E-state index is 16.0. The predicted molar refractivity (Wildman–Crippen MR) is 151 cm³/mol. The van der Waals surface area contributed by atoms with E-state index in [1.165, 1.54) is 12.7 Å². The zero-order valence-electron chi connectivity index (χ0n) is 22.5. The first kappa shape index (κ1) is 29.7. The highest BCUT2D eigenvalue weighted by Gasteiger charge is 2.67. The highest BCUT2D eigenvalue weighted by atomic mass is 32.5. The van der Waals surface area contributed by atoms with Crippen LogP contribution in [0, 0.1) is 0 Å². The fourth-order valence-electron chi connectivity index (χ4n) is 6.16. The molecule has 5 aliphatic rings. The number of ether oxygens (including phenoxy) is 3. The van der Waals surface area contributed by atoms with Crippen molar-refractivity contribution in [2.24, 2.45) is 20.7 Å². The van der Waals surface area contributed by atoms with E-state index in [1.807, 2.05) is 0 Å². The summed E-state index contributed by atoms with van der Waals surface area (Å²) in [6.45, 7) is -6.05. The molecule has 22 heteroatoms. The monoisotopic (exact) mass is 660 g/mol. The van der Waals surface area contributed by atoms with E-state index in [9.17, 15) is 19.9 Å². The molecule has 3 saturated heterocycles. The van der Waals surface area contributed by atoms with Crippen LogP contribution >= 0.6 is 6.49 Å². The quantitative estimate of drug-likeness (QED) is 0.162. The molecule has 8 N–H and O–H groups in total. The Morgan fingerprint density at radius 1 is 1.30 bits per heavy atom. The summed E-state index contributed by atoms with van der Waals surface area (Å²) in [5.41, 5.74) is 6.67. The van der Waals surface area contributed by atoms with Gasteiger partial charge in [-0.05, 0) is 11.8 Å². The molecule has 18 nitrogen and oxygen atoms in total. The lowest BCUT2D eigenvalue weighted by Crippen LogP contribution is -2.53. The van der Waals surface area contributed by atoms with Crippen LogP contribution in [0.15, 0.2) is 26.1 Å². The Morgan fingerprint density at radius 3 is 2.86 bits per heavy atom. The molecule has 238 valence electrons. The van der Waals surface area contributed by atoms with Crippen molar-refractivity contribution in [3.8, 4) is 0 Å². The molecule has 0 saturated carbocycles. The number of nitrogens with zero attached hydrogens (tertiary/aromatic N) is 7. The SMILES string of the molecule is NC1=NC=NC2C1N=CN2[C@@H]1O[C@@]2(COP(O)(=S)[C@H]3C(n4cnc5c(=O)[nH]c(N)nc54)O[C@H](CCO)C3(F)F)CO[C@@H]1[C@@H]2O. The molecule has 7 rings (SSSR count). The zero-order chi connectivity index (χ0) is 31.2. The molecule has 44 heavy (non-hydrogen) atoms. The fourth-order valence-corrected chi connectivity index (χ4v) is 8.75. The lowest BCUT2D eigenvalue weighted by atomic mass is 10.0. The van der Waals surface area contributed by atoms with E-state index in [0.29, 0.717) is 0 Å². The number of rotatable bonds is 8. The number of anilines is 1. The van der Waals surface area contributed by atoms with Crippen LogP contribution in [0.1, 0.15) is 12.6 Å². The summed E-state index contributed by atoms with van der Waals surface area (Å²) in [5.74, 6) is -3.89. The Bertz CT molecular complexity index is 1690. The van der Waals surface area contributed by atoms with Crippen LogP contribution in [0.5, 0.6) is 0 Å². The Kier molecular flexibility index (Phi) is 6.92. The number of halogens is 2. The van der Waals surface area contributed by atoms with Gasteiger partial charge >= 0.3 is 0 Å². The van der Waals surface area contributed by atoms with Gasteiger partial charge in [-0.3, -0.25) is 19.3 Å². The third-order valence-corrected chi connectivity index (χ3v) is 11.1. The Morgan fingerprint density at radius 2 is 2.09 bits per heavy atom. The molecule has 0 amide bonds. The number of fused-ring (bicyclic) bond motifs is 4. The van der Waals surface area contributed by atoms with Gasteiger partial charge in [0.2, 0.25) is 5.95 Å². The lowest BCUT2D eigenvalue weighted by molar-refractivity contribution is -0.194. The highest BCUT2D eigenvalue weighted by Crippen LogP contribution is 2.63. The number of alkyl halides is 2. The summed E-state index contributed by atoms with van der Waals surface area (Å²) < 4.78 is 56.2. The first-order chi connectivity index (χ1) is 20.9. The predicted octanol–water partition coefficient (Wildman–Crippen LogP) is -2.40. The van der Waals surface area contributed by atoms with Gasteiger partial charge < -0.3 is 50.2 Å². The molecule has 3 fully saturated rings. The van der Waals surface area contributed by atoms with E-state index >= 15 is 8.78 Å². The van der Waals surface area contributed by atoms with Crippen molar-refractivity contribution in [3.05, 3.63) is 16.7 Å². The number of aliphatic hydroxyl groups is 2. The highest BCUT2D eigenvalue weighted by molar-refractivity contribution is 8.09. The Hall–Kier alpha value is -3.01. The van der Waals surface area contributed by atoms with Crippen LogP contribution in [-0.2, 0) is 30.5 Å². The molecule has 7 heterocycles. The number of amidine groups is 1. The van der Waals surface area contributed by atoms with Crippen molar-refractivity contribution < 1.29 is 42.6 Å². The maximum atomic E-state index is 16.0. The molecule has 5 aliphatic heterocycles. The summed E-state index contributed by atoms with van der Waals surface area (Å²) in [6.07, 6.45) is -4.05. The van der Waals surface area contributed by atoms with Crippen LogP contribution in [0.25, 0.3) is 11.2 Å². The van der Waals surface area contributed by atoms with Crippen molar-refractivity contribution in [1.82, 2.24) is 24.4 Å². The first-order valence-corrected chi connectivity index (χ1v) is 16.1. The molecular weight excluding hydrogens is 633 g/mol. The van der Waals surface area contributed by atoms with Gasteiger partial charge in [-0.2, -0.15) is 4.98 Å². The van der Waals surface area contributed by atoms with Gasteiger partial charge in [-0.25, -0.2) is 23.7 Å². The number of nitrogens with one attached hydrogen (secondary N) is 1. The molecule has 0 aliphatic carbocycles. The molecule has 4 unspecified atom stereocenters. The number of imidazole rings is 1. The second-order valence-corrected chi connectivity index (χ2v) is 14.5. The number of nitrogen functional groups attached to an aromatic ring is 1. The molecule has 0 spiro atoms. The van der Waals surface area contributed by atoms with Crippen LogP contribution in [-0.4, -0.2) is 132 Å². The van der Waals surface area contributed by atoms with Crippen LogP contribution in [0.4, 0.5) is 14.7 Å². The summed E-state index contributed by atoms with van der Waals surface area (Å²) in [7, 11) is 0. The van der Waals surface area contributed by atoms with Gasteiger partial charge in [0, 0.05) is 13.0 Å². The Labute approximate surface area is 250 Å². The molecule has 2 aromatic rings. The van der Waals surface area contributed by atoms with Gasteiger partial charge in [-0.15, -0.1) is 0 Å². The van der Waals surface area contributed by atoms with Gasteiger partial charge in [0.25, 0.3) is 11.5 Å². The van der Waals surface area contributed by atoms with Crippen molar-refractivity contribution in [2.75, 3.05) is 25.6 Å². The zero-order valence-corrected chi connectivity index (χ0v) is 24.2. The fraction of sp³-hybridized carbons (Fsp3) is 0.636. The summed E-state index contributed by atoms with van der Waals surface area (Å²) in [6, 6.07) is -0.566. The standard InChI is InChI=1S/C22H27F2N10O8PS/c23-22(24)8(1-2-35)41-19(34-7-30-10-16(34)31-20(26)32-17(10)37)13(22)43(38,44)40-4-21-3-39-11(12(21)36)18(42-21)33-6-29-9-14(25)27-5-28-15(9)33/h5-9,11-13,15,18-19,35-36H,1-4H2,(H,38,44)(H2,25,27,28)(H3,26,31,32,37)/t8-,9?,11-,12+,13+,15?,18-,19?,21-,43?/m1/s1. The second-order valence-electron chi connectivity index (χ2n) is 10.9. The van der Waals surface area contributed by atoms with Crippen molar-refractivity contribution in [3.63, 3.8) is 0 Å².